The molecule has 1 heterocycles. The van der Waals surface area contributed by atoms with Gasteiger partial charge in [-0.25, -0.2) is 0 Å². The second-order valence-electron chi connectivity index (χ2n) is 7.56. The van der Waals surface area contributed by atoms with E-state index in [1.165, 1.54) is 19.3 Å². The number of aliphatic imine (C=N–C) groups is 1. The van der Waals surface area contributed by atoms with Gasteiger partial charge in [-0.05, 0) is 52.9 Å². The minimum atomic E-state index is -0.0794. The molecule has 1 saturated heterocycles. The topological polar surface area (TPSA) is 54.9 Å². The highest BCUT2D eigenvalue weighted by Gasteiger charge is 2.59. The van der Waals surface area contributed by atoms with Crippen LogP contribution in [0.1, 0.15) is 59.3 Å². The molecule has 0 bridgehead atoms. The maximum absolute atomic E-state index is 5.94. The molecule has 3 atom stereocenters. The van der Waals surface area contributed by atoms with Crippen LogP contribution in [0.25, 0.3) is 0 Å². The predicted molar refractivity (Wildman–Crippen MR) is 108 cm³/mol. The summed E-state index contributed by atoms with van der Waals surface area (Å²) in [6.45, 7) is 9.71. The molecule has 0 radical (unpaired) electrons. The fourth-order valence-corrected chi connectivity index (χ4v) is 4.33. The highest BCUT2D eigenvalue weighted by Crippen LogP contribution is 2.57. The van der Waals surface area contributed by atoms with Crippen LogP contribution in [0.2, 0.25) is 0 Å². The van der Waals surface area contributed by atoms with E-state index in [9.17, 15) is 0 Å². The summed E-state index contributed by atoms with van der Waals surface area (Å²) in [4.78, 5) is 4.81. The smallest absolute Gasteiger partial charge is 0.191 e. The number of halogens is 1. The number of guanidine groups is 1. The van der Waals surface area contributed by atoms with E-state index in [1.54, 1.807) is 0 Å². The molecule has 2 aliphatic carbocycles. The number of nitrogens with zero attached hydrogens (tertiary/aromatic N) is 1. The van der Waals surface area contributed by atoms with Crippen LogP contribution in [0, 0.1) is 5.41 Å². The van der Waals surface area contributed by atoms with Crippen LogP contribution in [-0.2, 0) is 9.47 Å². The van der Waals surface area contributed by atoms with Crippen LogP contribution in [0.15, 0.2) is 4.99 Å². The lowest BCUT2D eigenvalue weighted by atomic mass is 9.51. The van der Waals surface area contributed by atoms with Crippen molar-refractivity contribution in [3.63, 3.8) is 0 Å². The number of hydrogen-bond donors (Lipinski definition) is 2. The Kier molecular flexibility index (Phi) is 7.20. The Balaban J connectivity index is 0.00000208. The molecule has 3 aliphatic rings. The highest BCUT2D eigenvalue weighted by molar-refractivity contribution is 14.0. The summed E-state index contributed by atoms with van der Waals surface area (Å²) in [5.41, 5.74) is 0.282. The van der Waals surface area contributed by atoms with E-state index in [0.29, 0.717) is 17.6 Å². The first-order chi connectivity index (χ1) is 11.1. The molecule has 140 valence electrons. The lowest BCUT2D eigenvalue weighted by Gasteiger charge is -2.61. The van der Waals surface area contributed by atoms with Gasteiger partial charge in [-0.2, -0.15) is 0 Å². The predicted octanol–water partition coefficient (Wildman–Crippen LogP) is 3.08. The van der Waals surface area contributed by atoms with E-state index < -0.39 is 0 Å². The third kappa shape index (κ3) is 4.01. The number of nitrogens with one attached hydrogen (secondary N) is 2. The van der Waals surface area contributed by atoms with Gasteiger partial charge in [-0.1, -0.05) is 6.42 Å². The SMILES string of the molecule is CCNC(=NCC1(C)CCCO1)NC1CC(OCC)C12CCC2.I. The maximum Gasteiger partial charge on any atom is 0.191 e. The van der Waals surface area contributed by atoms with Gasteiger partial charge in [0.1, 0.15) is 0 Å². The van der Waals surface area contributed by atoms with Crippen LogP contribution in [0.4, 0.5) is 0 Å². The molecule has 1 aliphatic heterocycles. The van der Waals surface area contributed by atoms with Crippen molar-refractivity contribution in [2.75, 3.05) is 26.3 Å². The van der Waals surface area contributed by atoms with Gasteiger partial charge in [0, 0.05) is 31.2 Å². The molecule has 2 N–H and O–H groups in total. The van der Waals surface area contributed by atoms with E-state index >= 15 is 0 Å². The third-order valence-electron chi connectivity index (χ3n) is 5.96. The van der Waals surface area contributed by atoms with Crippen molar-refractivity contribution in [3.8, 4) is 0 Å². The minimum absolute atomic E-state index is 0. The largest absolute Gasteiger partial charge is 0.378 e. The first kappa shape index (κ1) is 20.2. The van der Waals surface area contributed by atoms with Gasteiger partial charge >= 0.3 is 0 Å². The first-order valence-corrected chi connectivity index (χ1v) is 9.42. The second-order valence-corrected chi connectivity index (χ2v) is 7.56. The molecule has 6 heteroatoms. The minimum Gasteiger partial charge on any atom is -0.378 e. The number of rotatable bonds is 6. The Morgan fingerprint density at radius 2 is 2.04 bits per heavy atom. The van der Waals surface area contributed by atoms with Crippen molar-refractivity contribution in [1.29, 1.82) is 0 Å². The summed E-state index contributed by atoms with van der Waals surface area (Å²) < 4.78 is 11.8. The van der Waals surface area contributed by atoms with E-state index in [4.69, 9.17) is 14.5 Å². The fourth-order valence-electron chi connectivity index (χ4n) is 4.33. The van der Waals surface area contributed by atoms with E-state index in [2.05, 4.69) is 31.4 Å². The lowest BCUT2D eigenvalue weighted by molar-refractivity contribution is -0.168. The van der Waals surface area contributed by atoms with Crippen LogP contribution in [-0.4, -0.2) is 50.0 Å². The van der Waals surface area contributed by atoms with Crippen molar-refractivity contribution >= 4 is 29.9 Å². The zero-order chi connectivity index (χ0) is 16.3. The van der Waals surface area contributed by atoms with Gasteiger partial charge in [0.05, 0.1) is 18.2 Å². The summed E-state index contributed by atoms with van der Waals surface area (Å²) in [6, 6.07) is 0.503. The van der Waals surface area contributed by atoms with E-state index in [-0.39, 0.29) is 29.6 Å². The van der Waals surface area contributed by atoms with Crippen LogP contribution < -0.4 is 10.6 Å². The number of hydrogen-bond acceptors (Lipinski definition) is 3. The molecule has 0 aromatic heterocycles. The summed E-state index contributed by atoms with van der Waals surface area (Å²) in [7, 11) is 0. The fraction of sp³-hybridized carbons (Fsp3) is 0.944. The van der Waals surface area contributed by atoms with Crippen LogP contribution in [0.5, 0.6) is 0 Å². The molecule has 24 heavy (non-hydrogen) atoms. The van der Waals surface area contributed by atoms with E-state index in [1.807, 2.05) is 0 Å². The highest BCUT2D eigenvalue weighted by atomic mass is 127. The molecular formula is C18H34IN3O2. The van der Waals surface area contributed by atoms with Crippen molar-refractivity contribution in [2.45, 2.75) is 77.0 Å². The number of ether oxygens (including phenoxy) is 2. The Hall–Kier alpha value is -0.0800. The van der Waals surface area contributed by atoms with Crippen LogP contribution in [0.3, 0.4) is 0 Å². The molecule has 0 aromatic carbocycles. The zero-order valence-electron chi connectivity index (χ0n) is 15.4. The Morgan fingerprint density at radius 1 is 1.25 bits per heavy atom. The van der Waals surface area contributed by atoms with Gasteiger partial charge in [-0.3, -0.25) is 4.99 Å². The summed E-state index contributed by atoms with van der Waals surface area (Å²) >= 11 is 0. The first-order valence-electron chi connectivity index (χ1n) is 9.42. The van der Waals surface area contributed by atoms with Crippen molar-refractivity contribution < 1.29 is 9.47 Å². The van der Waals surface area contributed by atoms with Crippen molar-refractivity contribution in [2.24, 2.45) is 10.4 Å². The normalized spacial score (nSPS) is 34.2. The van der Waals surface area contributed by atoms with Gasteiger partial charge in [0.15, 0.2) is 5.96 Å². The van der Waals surface area contributed by atoms with Gasteiger partial charge in [-0.15, -0.1) is 24.0 Å². The van der Waals surface area contributed by atoms with Crippen molar-refractivity contribution in [3.05, 3.63) is 0 Å². The Bertz CT molecular complexity index is 434. The molecule has 0 amide bonds. The average Bonchev–Trinajstić information content (AvgIpc) is 2.89. The lowest BCUT2D eigenvalue weighted by Crippen LogP contribution is -2.68. The van der Waals surface area contributed by atoms with Gasteiger partial charge < -0.3 is 20.1 Å². The summed E-state index contributed by atoms with van der Waals surface area (Å²) in [6.07, 6.45) is 7.71. The molecule has 3 rings (SSSR count). The standard InChI is InChI=1S/C18H33N3O2.HI/c1-4-19-16(20-13-17(3)8-7-11-23-17)21-14-12-15(22-5-2)18(14)9-6-10-18;/h14-15H,4-13H2,1-3H3,(H2,19,20,21);1H. The molecular weight excluding hydrogens is 417 g/mol. The quantitative estimate of drug-likeness (QED) is 0.370. The Morgan fingerprint density at radius 3 is 2.58 bits per heavy atom. The molecule has 3 unspecified atom stereocenters. The Labute approximate surface area is 163 Å². The summed E-state index contributed by atoms with van der Waals surface area (Å²) in [5.74, 6) is 0.940. The monoisotopic (exact) mass is 451 g/mol. The van der Waals surface area contributed by atoms with Gasteiger partial charge in [0.2, 0.25) is 0 Å². The van der Waals surface area contributed by atoms with Gasteiger partial charge in [0.25, 0.3) is 0 Å². The zero-order valence-corrected chi connectivity index (χ0v) is 17.7. The third-order valence-corrected chi connectivity index (χ3v) is 5.96. The van der Waals surface area contributed by atoms with E-state index in [0.717, 1.165) is 51.5 Å². The maximum atomic E-state index is 5.94. The molecule has 2 saturated carbocycles. The molecule has 0 aromatic rings. The van der Waals surface area contributed by atoms with Crippen LogP contribution >= 0.6 is 24.0 Å². The summed E-state index contributed by atoms with van der Waals surface area (Å²) in [5, 5.41) is 7.08. The molecule has 5 nitrogen and oxygen atoms in total. The second kappa shape index (κ2) is 8.54. The average molecular weight is 451 g/mol. The van der Waals surface area contributed by atoms with Crippen molar-refractivity contribution in [1.82, 2.24) is 10.6 Å². The molecule has 1 spiro atoms. The molecule has 3 fully saturated rings.